The van der Waals surface area contributed by atoms with E-state index in [1.165, 1.54) is 18.4 Å². The zero-order valence-electron chi connectivity index (χ0n) is 12.8. The lowest BCUT2D eigenvalue weighted by Gasteiger charge is -2.36. The Morgan fingerprint density at radius 2 is 2.05 bits per heavy atom. The van der Waals surface area contributed by atoms with Crippen molar-refractivity contribution in [2.45, 2.75) is 45.6 Å². The number of piperidine rings is 1. The van der Waals surface area contributed by atoms with E-state index in [4.69, 9.17) is 4.52 Å². The molecule has 1 saturated heterocycles. The van der Waals surface area contributed by atoms with E-state index in [1.54, 1.807) is 0 Å². The summed E-state index contributed by atoms with van der Waals surface area (Å²) in [5.41, 5.74) is 1.47. The minimum absolute atomic E-state index is 0.168. The third-order valence-electron chi connectivity index (χ3n) is 4.34. The molecule has 1 fully saturated rings. The third-order valence-corrected chi connectivity index (χ3v) is 4.34. The number of hydrogen-bond acceptors (Lipinski definition) is 4. The van der Waals surface area contributed by atoms with Crippen LogP contribution in [-0.2, 0) is 12.8 Å². The van der Waals surface area contributed by atoms with Crippen LogP contribution in [0, 0.1) is 5.41 Å². The van der Waals surface area contributed by atoms with Gasteiger partial charge in [-0.1, -0.05) is 49.3 Å². The van der Waals surface area contributed by atoms with Crippen molar-refractivity contribution in [1.82, 2.24) is 15.5 Å². The fourth-order valence-electron chi connectivity index (χ4n) is 3.02. The number of hydrogen-bond donors (Lipinski definition) is 1. The predicted octanol–water partition coefficient (Wildman–Crippen LogP) is 3.31. The molecule has 4 heteroatoms. The van der Waals surface area contributed by atoms with Crippen molar-refractivity contribution >= 4 is 0 Å². The standard InChI is InChI=1S/C17H23N3O/c1-17(2)11-6-12-18-15(17)16-19-14(20-21-16)10-9-13-7-4-3-5-8-13/h3-5,7-8,15,18H,6,9-12H2,1-2H3. The van der Waals surface area contributed by atoms with Crippen molar-refractivity contribution in [1.29, 1.82) is 0 Å². The Kier molecular flexibility index (Phi) is 4.06. The van der Waals surface area contributed by atoms with Gasteiger partial charge in [-0.25, -0.2) is 0 Å². The molecule has 0 saturated carbocycles. The maximum atomic E-state index is 5.50. The van der Waals surface area contributed by atoms with Gasteiger partial charge in [0, 0.05) is 6.42 Å². The van der Waals surface area contributed by atoms with E-state index in [2.05, 4.69) is 53.6 Å². The van der Waals surface area contributed by atoms with Crippen molar-refractivity contribution in [3.8, 4) is 0 Å². The van der Waals surface area contributed by atoms with Crippen LogP contribution in [-0.4, -0.2) is 16.7 Å². The van der Waals surface area contributed by atoms with Crippen LogP contribution in [0.1, 0.15) is 50.0 Å². The summed E-state index contributed by atoms with van der Waals surface area (Å²) in [5.74, 6) is 1.54. The Labute approximate surface area is 126 Å². The molecule has 0 bridgehead atoms. The van der Waals surface area contributed by atoms with Gasteiger partial charge >= 0.3 is 0 Å². The van der Waals surface area contributed by atoms with Crippen LogP contribution >= 0.6 is 0 Å². The van der Waals surface area contributed by atoms with Gasteiger partial charge in [-0.15, -0.1) is 0 Å². The first-order valence-corrected chi connectivity index (χ1v) is 7.75. The highest BCUT2D eigenvalue weighted by molar-refractivity contribution is 5.15. The number of nitrogens with zero attached hydrogens (tertiary/aromatic N) is 2. The average molecular weight is 285 g/mol. The second-order valence-corrected chi connectivity index (χ2v) is 6.51. The SMILES string of the molecule is CC1(C)CCCNC1c1nc(CCc2ccccc2)no1. The Hall–Kier alpha value is -1.68. The topological polar surface area (TPSA) is 51.0 Å². The van der Waals surface area contributed by atoms with Crippen LogP contribution < -0.4 is 5.32 Å². The zero-order valence-corrected chi connectivity index (χ0v) is 12.8. The lowest BCUT2D eigenvalue weighted by molar-refractivity contribution is 0.146. The van der Waals surface area contributed by atoms with Gasteiger partial charge in [0.15, 0.2) is 5.82 Å². The molecule has 1 aromatic heterocycles. The molecule has 3 rings (SSSR count). The summed E-state index contributed by atoms with van der Waals surface area (Å²) in [6.45, 7) is 5.55. The summed E-state index contributed by atoms with van der Waals surface area (Å²) in [4.78, 5) is 4.60. The van der Waals surface area contributed by atoms with E-state index in [1.807, 2.05) is 6.07 Å². The largest absolute Gasteiger partial charge is 0.338 e. The third kappa shape index (κ3) is 3.32. The molecule has 0 radical (unpaired) electrons. The number of aryl methyl sites for hydroxylation is 2. The summed E-state index contributed by atoms with van der Waals surface area (Å²) in [6, 6.07) is 10.6. The van der Waals surface area contributed by atoms with E-state index in [0.717, 1.165) is 31.1 Å². The lowest BCUT2D eigenvalue weighted by Crippen LogP contribution is -2.39. The van der Waals surface area contributed by atoms with Crippen molar-refractivity contribution in [3.05, 3.63) is 47.6 Å². The highest BCUT2D eigenvalue weighted by atomic mass is 16.5. The molecule has 0 amide bonds. The summed E-state index contributed by atoms with van der Waals surface area (Å²) in [6.07, 6.45) is 4.16. The normalized spacial score (nSPS) is 21.3. The van der Waals surface area contributed by atoms with Crippen molar-refractivity contribution in [2.24, 2.45) is 5.41 Å². The fraction of sp³-hybridized carbons (Fsp3) is 0.529. The maximum absolute atomic E-state index is 5.50. The van der Waals surface area contributed by atoms with Gasteiger partial charge < -0.3 is 9.84 Å². The van der Waals surface area contributed by atoms with Crippen LogP contribution in [0.15, 0.2) is 34.9 Å². The van der Waals surface area contributed by atoms with Crippen LogP contribution in [0.5, 0.6) is 0 Å². The van der Waals surface area contributed by atoms with E-state index in [0.29, 0.717) is 0 Å². The molecule has 0 spiro atoms. The predicted molar refractivity (Wildman–Crippen MR) is 81.9 cm³/mol. The monoisotopic (exact) mass is 285 g/mol. The van der Waals surface area contributed by atoms with Crippen LogP contribution in [0.25, 0.3) is 0 Å². The zero-order chi connectivity index (χ0) is 14.7. The van der Waals surface area contributed by atoms with E-state index in [9.17, 15) is 0 Å². The Bertz CT molecular complexity index is 577. The molecule has 1 aromatic carbocycles. The highest BCUT2D eigenvalue weighted by Gasteiger charge is 2.36. The second kappa shape index (κ2) is 5.98. The molecular formula is C17H23N3O. The van der Waals surface area contributed by atoms with Crippen molar-refractivity contribution in [2.75, 3.05) is 6.54 Å². The van der Waals surface area contributed by atoms with Gasteiger partial charge in [0.1, 0.15) is 0 Å². The number of rotatable bonds is 4. The van der Waals surface area contributed by atoms with Gasteiger partial charge in [-0.2, -0.15) is 4.98 Å². The average Bonchev–Trinajstić information content (AvgIpc) is 2.94. The molecule has 1 aliphatic rings. The molecule has 112 valence electrons. The van der Waals surface area contributed by atoms with Gasteiger partial charge in [0.25, 0.3) is 0 Å². The van der Waals surface area contributed by atoms with Crippen molar-refractivity contribution < 1.29 is 4.52 Å². The molecule has 1 aliphatic heterocycles. The number of aromatic nitrogens is 2. The summed E-state index contributed by atoms with van der Waals surface area (Å²) < 4.78 is 5.50. The van der Waals surface area contributed by atoms with E-state index < -0.39 is 0 Å². The minimum Gasteiger partial charge on any atom is -0.338 e. The fourth-order valence-corrected chi connectivity index (χ4v) is 3.02. The molecule has 1 unspecified atom stereocenters. The summed E-state index contributed by atoms with van der Waals surface area (Å²) in [5, 5.41) is 7.66. The molecule has 1 N–H and O–H groups in total. The van der Waals surface area contributed by atoms with Crippen LogP contribution in [0.3, 0.4) is 0 Å². The first-order chi connectivity index (χ1) is 10.1. The smallest absolute Gasteiger partial charge is 0.244 e. The molecule has 2 heterocycles. The number of benzene rings is 1. The lowest BCUT2D eigenvalue weighted by atomic mass is 9.77. The molecule has 1 atom stereocenters. The second-order valence-electron chi connectivity index (χ2n) is 6.51. The van der Waals surface area contributed by atoms with Crippen LogP contribution in [0.2, 0.25) is 0 Å². The molecule has 4 nitrogen and oxygen atoms in total. The summed E-state index contributed by atoms with van der Waals surface area (Å²) in [7, 11) is 0. The van der Waals surface area contributed by atoms with E-state index >= 15 is 0 Å². The van der Waals surface area contributed by atoms with Crippen molar-refractivity contribution in [3.63, 3.8) is 0 Å². The summed E-state index contributed by atoms with van der Waals surface area (Å²) >= 11 is 0. The van der Waals surface area contributed by atoms with E-state index in [-0.39, 0.29) is 11.5 Å². The first-order valence-electron chi connectivity index (χ1n) is 7.75. The Morgan fingerprint density at radius 1 is 1.24 bits per heavy atom. The Balaban J connectivity index is 1.66. The molecular weight excluding hydrogens is 262 g/mol. The quantitative estimate of drug-likeness (QED) is 0.936. The molecule has 0 aliphatic carbocycles. The molecule has 21 heavy (non-hydrogen) atoms. The first kappa shape index (κ1) is 14.3. The van der Waals surface area contributed by atoms with Gasteiger partial charge in [-0.05, 0) is 36.8 Å². The minimum atomic E-state index is 0.168. The highest BCUT2D eigenvalue weighted by Crippen LogP contribution is 2.39. The van der Waals surface area contributed by atoms with Gasteiger partial charge in [0.05, 0.1) is 6.04 Å². The Morgan fingerprint density at radius 3 is 2.81 bits per heavy atom. The molecule has 2 aromatic rings. The van der Waals surface area contributed by atoms with Gasteiger partial charge in [0.2, 0.25) is 5.89 Å². The maximum Gasteiger partial charge on any atom is 0.244 e. The van der Waals surface area contributed by atoms with Crippen LogP contribution in [0.4, 0.5) is 0 Å². The number of nitrogens with one attached hydrogen (secondary N) is 1. The van der Waals surface area contributed by atoms with Gasteiger partial charge in [-0.3, -0.25) is 0 Å².